The molecule has 0 aromatic heterocycles. The quantitative estimate of drug-likeness (QED) is 0.0859. The average Bonchev–Trinajstić information content (AvgIpc) is 2.75. The van der Waals surface area contributed by atoms with Crippen LogP contribution in [0.15, 0.2) is 0 Å². The second-order valence-corrected chi connectivity index (χ2v) is 11.8. The summed E-state index contributed by atoms with van der Waals surface area (Å²) in [6.45, 7) is 4.61. The molecular formula is C31H66ClN. The van der Waals surface area contributed by atoms with E-state index in [2.05, 4.69) is 35.0 Å². The van der Waals surface area contributed by atoms with Gasteiger partial charge < -0.3 is 16.9 Å². The predicted molar refractivity (Wildman–Crippen MR) is 149 cm³/mol. The van der Waals surface area contributed by atoms with Crippen molar-refractivity contribution in [1.29, 1.82) is 0 Å². The lowest BCUT2D eigenvalue weighted by molar-refractivity contribution is -0.896. The van der Waals surface area contributed by atoms with Crippen LogP contribution in [-0.4, -0.2) is 31.7 Å². The SMILES string of the molecule is CCCCCCCCCCCCCCCC(CCCCCCCCCCCC)[N+](C)(C)C.[Cl-]. The minimum absolute atomic E-state index is 0. The van der Waals surface area contributed by atoms with Crippen LogP contribution in [0.3, 0.4) is 0 Å². The third-order valence-corrected chi connectivity index (χ3v) is 7.63. The first-order chi connectivity index (χ1) is 15.5. The minimum Gasteiger partial charge on any atom is -1.00 e. The van der Waals surface area contributed by atoms with Crippen molar-refractivity contribution >= 4 is 0 Å². The smallest absolute Gasteiger partial charge is 0.0884 e. The maximum Gasteiger partial charge on any atom is 0.0884 e. The van der Waals surface area contributed by atoms with Crippen molar-refractivity contribution in [2.24, 2.45) is 0 Å². The highest BCUT2D eigenvalue weighted by molar-refractivity contribution is 4.60. The fourth-order valence-electron chi connectivity index (χ4n) is 5.18. The lowest BCUT2D eigenvalue weighted by Gasteiger charge is -2.34. The molecule has 0 aromatic carbocycles. The van der Waals surface area contributed by atoms with E-state index >= 15 is 0 Å². The van der Waals surface area contributed by atoms with Gasteiger partial charge in [-0.05, 0) is 25.7 Å². The van der Waals surface area contributed by atoms with E-state index in [9.17, 15) is 0 Å². The van der Waals surface area contributed by atoms with Crippen LogP contribution >= 0.6 is 0 Å². The molecule has 0 aliphatic heterocycles. The summed E-state index contributed by atoms with van der Waals surface area (Å²) in [6.07, 6.45) is 36.4. The second-order valence-electron chi connectivity index (χ2n) is 11.8. The van der Waals surface area contributed by atoms with E-state index in [0.717, 1.165) is 10.5 Å². The molecule has 33 heavy (non-hydrogen) atoms. The fraction of sp³-hybridized carbons (Fsp3) is 1.00. The number of nitrogens with zero attached hydrogens (tertiary/aromatic N) is 1. The first kappa shape index (κ1) is 35.4. The van der Waals surface area contributed by atoms with Gasteiger partial charge in [0.25, 0.3) is 0 Å². The highest BCUT2D eigenvalue weighted by atomic mass is 35.5. The topological polar surface area (TPSA) is 0 Å². The van der Waals surface area contributed by atoms with Gasteiger partial charge in [-0.2, -0.15) is 0 Å². The molecule has 0 aliphatic carbocycles. The molecule has 0 bridgehead atoms. The van der Waals surface area contributed by atoms with Crippen molar-refractivity contribution in [3.63, 3.8) is 0 Å². The summed E-state index contributed by atoms with van der Waals surface area (Å²) < 4.78 is 1.16. The molecule has 0 spiro atoms. The predicted octanol–water partition coefficient (Wildman–Crippen LogP) is 7.86. The molecule has 1 unspecified atom stereocenters. The van der Waals surface area contributed by atoms with Gasteiger partial charge in [-0.25, -0.2) is 0 Å². The second kappa shape index (κ2) is 26.8. The molecule has 0 amide bonds. The Morgan fingerprint density at radius 3 is 0.788 bits per heavy atom. The van der Waals surface area contributed by atoms with Gasteiger partial charge in [0.2, 0.25) is 0 Å². The lowest BCUT2D eigenvalue weighted by atomic mass is 9.97. The molecule has 0 aromatic rings. The van der Waals surface area contributed by atoms with E-state index in [1.165, 1.54) is 161 Å². The number of rotatable bonds is 26. The minimum atomic E-state index is 0. The first-order valence-electron chi connectivity index (χ1n) is 15.3. The Kier molecular flexibility index (Phi) is 28.8. The molecule has 202 valence electrons. The van der Waals surface area contributed by atoms with Crippen LogP contribution in [0.4, 0.5) is 0 Å². The Labute approximate surface area is 218 Å². The Hall–Kier alpha value is 0.250. The molecule has 0 rings (SSSR count). The number of unbranched alkanes of at least 4 members (excludes halogenated alkanes) is 21. The van der Waals surface area contributed by atoms with Crippen molar-refractivity contribution < 1.29 is 16.9 Å². The maximum atomic E-state index is 2.42. The van der Waals surface area contributed by atoms with E-state index < -0.39 is 0 Å². The van der Waals surface area contributed by atoms with Crippen LogP contribution in [0.25, 0.3) is 0 Å². The van der Waals surface area contributed by atoms with E-state index in [4.69, 9.17) is 0 Å². The van der Waals surface area contributed by atoms with Crippen LogP contribution in [0.2, 0.25) is 0 Å². The lowest BCUT2D eigenvalue weighted by Crippen LogP contribution is -3.00. The van der Waals surface area contributed by atoms with Gasteiger partial charge in [0.1, 0.15) is 0 Å². The third-order valence-electron chi connectivity index (χ3n) is 7.63. The normalized spacial score (nSPS) is 12.6. The number of halogens is 1. The van der Waals surface area contributed by atoms with E-state index in [1.807, 2.05) is 0 Å². The highest BCUT2D eigenvalue weighted by Crippen LogP contribution is 2.21. The van der Waals surface area contributed by atoms with Crippen molar-refractivity contribution in [3.8, 4) is 0 Å². The molecule has 0 saturated heterocycles. The summed E-state index contributed by atoms with van der Waals surface area (Å²) >= 11 is 0. The number of quaternary nitrogens is 1. The van der Waals surface area contributed by atoms with E-state index in [-0.39, 0.29) is 12.4 Å². The van der Waals surface area contributed by atoms with Crippen LogP contribution in [-0.2, 0) is 0 Å². The molecular weight excluding hydrogens is 422 g/mol. The molecule has 1 atom stereocenters. The highest BCUT2D eigenvalue weighted by Gasteiger charge is 2.22. The van der Waals surface area contributed by atoms with Gasteiger partial charge in [0, 0.05) is 0 Å². The number of hydrogen-bond acceptors (Lipinski definition) is 0. The Bertz CT molecular complexity index is 349. The van der Waals surface area contributed by atoms with Crippen LogP contribution in [0, 0.1) is 0 Å². The van der Waals surface area contributed by atoms with Crippen LogP contribution < -0.4 is 12.4 Å². The van der Waals surface area contributed by atoms with Crippen molar-refractivity contribution in [1.82, 2.24) is 0 Å². The fourth-order valence-corrected chi connectivity index (χ4v) is 5.18. The Morgan fingerprint density at radius 2 is 0.576 bits per heavy atom. The van der Waals surface area contributed by atoms with Gasteiger partial charge >= 0.3 is 0 Å². The third kappa shape index (κ3) is 26.7. The van der Waals surface area contributed by atoms with E-state index in [0.29, 0.717) is 0 Å². The Balaban J connectivity index is 0. The zero-order valence-corrected chi connectivity index (χ0v) is 24.8. The van der Waals surface area contributed by atoms with Gasteiger partial charge in [-0.15, -0.1) is 0 Å². The van der Waals surface area contributed by atoms with Crippen molar-refractivity contribution in [3.05, 3.63) is 0 Å². The largest absolute Gasteiger partial charge is 1.00 e. The summed E-state index contributed by atoms with van der Waals surface area (Å²) in [5.41, 5.74) is 0. The summed E-state index contributed by atoms with van der Waals surface area (Å²) in [6, 6.07) is 0.872. The van der Waals surface area contributed by atoms with Gasteiger partial charge in [0.05, 0.1) is 27.2 Å². The molecule has 1 nitrogen and oxygen atoms in total. The van der Waals surface area contributed by atoms with Gasteiger partial charge in [-0.1, -0.05) is 149 Å². The summed E-state index contributed by atoms with van der Waals surface area (Å²) in [7, 11) is 7.26. The maximum absolute atomic E-state index is 2.42. The van der Waals surface area contributed by atoms with Gasteiger partial charge in [-0.3, -0.25) is 0 Å². The monoisotopic (exact) mass is 487 g/mol. The Morgan fingerprint density at radius 1 is 0.364 bits per heavy atom. The molecule has 0 aliphatic rings. The number of hydrogen-bond donors (Lipinski definition) is 0. The average molecular weight is 488 g/mol. The zero-order valence-electron chi connectivity index (χ0n) is 24.1. The van der Waals surface area contributed by atoms with Crippen molar-refractivity contribution in [2.45, 2.75) is 180 Å². The molecule has 0 saturated carbocycles. The van der Waals surface area contributed by atoms with Crippen molar-refractivity contribution in [2.75, 3.05) is 21.1 Å². The summed E-state index contributed by atoms with van der Waals surface area (Å²) in [4.78, 5) is 0. The van der Waals surface area contributed by atoms with Crippen LogP contribution in [0.5, 0.6) is 0 Å². The standard InChI is InChI=1S/C31H66N.ClH/c1-6-8-10-12-14-16-18-19-20-22-24-26-28-30-31(32(3,4)5)29-27-25-23-21-17-15-13-11-9-7-2;/h31H,6-30H2,1-5H3;1H/q+1;/p-1. The zero-order chi connectivity index (χ0) is 23.8. The van der Waals surface area contributed by atoms with Gasteiger partial charge in [0.15, 0.2) is 0 Å². The molecule has 0 N–H and O–H groups in total. The van der Waals surface area contributed by atoms with E-state index in [1.54, 1.807) is 0 Å². The first-order valence-corrected chi connectivity index (χ1v) is 15.3. The molecule has 2 heteroatoms. The molecule has 0 fully saturated rings. The summed E-state index contributed by atoms with van der Waals surface area (Å²) in [5, 5.41) is 0. The molecule has 0 radical (unpaired) electrons. The molecule has 0 heterocycles. The summed E-state index contributed by atoms with van der Waals surface area (Å²) in [5.74, 6) is 0. The van der Waals surface area contributed by atoms with Crippen LogP contribution in [0.1, 0.15) is 174 Å².